The Labute approximate surface area is 81.3 Å². The van der Waals surface area contributed by atoms with E-state index in [1.54, 1.807) is 22.9 Å². The van der Waals surface area contributed by atoms with Gasteiger partial charge < -0.3 is 0 Å². The molecule has 2 heterocycles. The largest absolute Gasteiger partial charge is 0.272 e. The van der Waals surface area contributed by atoms with Gasteiger partial charge in [0.1, 0.15) is 0 Å². The zero-order valence-electron chi connectivity index (χ0n) is 5.69. The fourth-order valence-electron chi connectivity index (χ4n) is 0.966. The molecule has 2 amide bonds. The number of rotatable bonds is 0. The summed E-state index contributed by atoms with van der Waals surface area (Å²) in [5.74, 6) is -0.656. The Morgan fingerprint density at radius 2 is 1.50 bits per heavy atom. The van der Waals surface area contributed by atoms with Gasteiger partial charge in [0.25, 0.3) is 11.8 Å². The van der Waals surface area contributed by atoms with E-state index in [0.29, 0.717) is 11.1 Å². The molecule has 12 heavy (non-hydrogen) atoms. The van der Waals surface area contributed by atoms with Crippen molar-refractivity contribution in [2.45, 2.75) is 0 Å². The first-order chi connectivity index (χ1) is 5.72. The third kappa shape index (κ3) is 0.840. The zero-order valence-corrected chi connectivity index (χ0v) is 7.85. The van der Waals surface area contributed by atoms with Crippen molar-refractivity contribution in [1.82, 2.24) is 13.3 Å². The molecule has 0 aromatic carbocycles. The van der Waals surface area contributed by atoms with Crippen molar-refractivity contribution in [3.05, 3.63) is 23.5 Å². The minimum Gasteiger partial charge on any atom is -0.268 e. The molecule has 0 saturated carbocycles. The number of aromatic nitrogens is 2. The first-order valence-electron chi connectivity index (χ1n) is 3.07. The molecule has 2 rings (SSSR count). The summed E-state index contributed by atoms with van der Waals surface area (Å²) in [4.78, 5) is 22.5. The molecule has 0 N–H and O–H groups in total. The average Bonchev–Trinajstić information content (AvgIpc) is 2.33. The highest BCUT2D eigenvalue weighted by atomic mass is 127. The second-order valence-electron chi connectivity index (χ2n) is 2.21. The Morgan fingerprint density at radius 3 is 1.92 bits per heavy atom. The van der Waals surface area contributed by atoms with Crippen LogP contribution < -0.4 is 0 Å². The van der Waals surface area contributed by atoms with Gasteiger partial charge in [0.15, 0.2) is 0 Å². The van der Waals surface area contributed by atoms with Gasteiger partial charge in [-0.05, 0) is 0 Å². The van der Waals surface area contributed by atoms with E-state index in [9.17, 15) is 9.59 Å². The summed E-state index contributed by atoms with van der Waals surface area (Å²) in [6, 6.07) is 0. The fourth-order valence-corrected chi connectivity index (χ4v) is 1.49. The predicted molar refractivity (Wildman–Crippen MR) is 46.6 cm³/mol. The Hall–Kier alpha value is -1.05. The molecular formula is C6H2IN3O2. The molecule has 0 spiro atoms. The highest BCUT2D eigenvalue weighted by Gasteiger charge is 2.34. The molecule has 1 aromatic heterocycles. The topological polar surface area (TPSA) is 63.2 Å². The zero-order chi connectivity index (χ0) is 8.72. The van der Waals surface area contributed by atoms with Crippen molar-refractivity contribution < 1.29 is 9.59 Å². The lowest BCUT2D eigenvalue weighted by Gasteiger charge is -1.98. The van der Waals surface area contributed by atoms with Crippen molar-refractivity contribution in [1.29, 1.82) is 0 Å². The molecule has 0 saturated heterocycles. The second-order valence-corrected chi connectivity index (χ2v) is 3.17. The highest BCUT2D eigenvalue weighted by Crippen LogP contribution is 2.23. The number of carbonyl (C=O) groups excluding carboxylic acids is 2. The number of halogens is 1. The highest BCUT2D eigenvalue weighted by molar-refractivity contribution is 14.1. The molecule has 0 fully saturated rings. The minimum absolute atomic E-state index is 0.324. The Balaban J connectivity index is 2.67. The Bertz CT molecular complexity index is 344. The number of fused-ring (bicyclic) bond motifs is 1. The molecule has 0 radical (unpaired) electrons. The lowest BCUT2D eigenvalue weighted by molar-refractivity contribution is 0.0796. The van der Waals surface area contributed by atoms with E-state index in [0.717, 1.165) is 3.11 Å². The van der Waals surface area contributed by atoms with Gasteiger partial charge in [-0.3, -0.25) is 9.59 Å². The maximum Gasteiger partial charge on any atom is 0.272 e. The van der Waals surface area contributed by atoms with Gasteiger partial charge in [0.05, 0.1) is 46.4 Å². The summed E-state index contributed by atoms with van der Waals surface area (Å²) in [5.41, 5.74) is 0.647. The van der Waals surface area contributed by atoms with Crippen molar-refractivity contribution in [3.8, 4) is 0 Å². The molecule has 1 aromatic rings. The molecule has 60 valence electrons. The van der Waals surface area contributed by atoms with E-state index in [1.807, 2.05) is 0 Å². The minimum atomic E-state index is -0.328. The molecule has 1 aliphatic rings. The molecule has 1 aliphatic heterocycles. The summed E-state index contributed by atoms with van der Waals surface area (Å²) in [5, 5.41) is 7.05. The molecule has 6 heteroatoms. The van der Waals surface area contributed by atoms with Gasteiger partial charge in [-0.1, -0.05) is 0 Å². The monoisotopic (exact) mass is 275 g/mol. The third-order valence-electron chi connectivity index (χ3n) is 1.55. The summed E-state index contributed by atoms with van der Waals surface area (Å²) in [6.45, 7) is 0. The summed E-state index contributed by atoms with van der Waals surface area (Å²) < 4.78 is 1.02. The van der Waals surface area contributed by atoms with Crippen molar-refractivity contribution in [2.75, 3.05) is 0 Å². The molecule has 0 aliphatic carbocycles. The first kappa shape index (κ1) is 7.59. The van der Waals surface area contributed by atoms with E-state index < -0.39 is 0 Å². The molecule has 0 bridgehead atoms. The van der Waals surface area contributed by atoms with E-state index in [4.69, 9.17) is 0 Å². The quantitative estimate of drug-likeness (QED) is 0.391. The van der Waals surface area contributed by atoms with E-state index in [2.05, 4.69) is 10.2 Å². The van der Waals surface area contributed by atoms with Crippen LogP contribution in [-0.4, -0.2) is 25.1 Å². The van der Waals surface area contributed by atoms with Crippen LogP contribution in [0.15, 0.2) is 12.4 Å². The number of hydrogen-bond donors (Lipinski definition) is 0. The number of hydrogen-bond acceptors (Lipinski definition) is 4. The van der Waals surface area contributed by atoms with Crippen LogP contribution in [0, 0.1) is 0 Å². The van der Waals surface area contributed by atoms with Crippen molar-refractivity contribution in [3.63, 3.8) is 0 Å². The van der Waals surface area contributed by atoms with Gasteiger partial charge in [-0.15, -0.1) is 0 Å². The average molecular weight is 275 g/mol. The van der Waals surface area contributed by atoms with Gasteiger partial charge >= 0.3 is 0 Å². The Morgan fingerprint density at radius 1 is 1.08 bits per heavy atom. The predicted octanol–water partition coefficient (Wildman–Crippen LogP) is 0.423. The van der Waals surface area contributed by atoms with E-state index in [-0.39, 0.29) is 11.8 Å². The van der Waals surface area contributed by atoms with E-state index in [1.165, 1.54) is 12.4 Å². The summed E-state index contributed by atoms with van der Waals surface area (Å²) in [7, 11) is 0. The molecule has 5 nitrogen and oxygen atoms in total. The van der Waals surface area contributed by atoms with E-state index >= 15 is 0 Å². The van der Waals surface area contributed by atoms with Gasteiger partial charge in [-0.2, -0.15) is 10.2 Å². The molecule has 0 unspecified atom stereocenters. The third-order valence-corrected chi connectivity index (χ3v) is 2.42. The van der Waals surface area contributed by atoms with Crippen LogP contribution in [-0.2, 0) is 0 Å². The van der Waals surface area contributed by atoms with Gasteiger partial charge in [0, 0.05) is 0 Å². The first-order valence-corrected chi connectivity index (χ1v) is 4.03. The van der Waals surface area contributed by atoms with Crippen molar-refractivity contribution >= 4 is 34.7 Å². The fraction of sp³-hybridized carbons (Fsp3) is 0. The second kappa shape index (κ2) is 2.47. The van der Waals surface area contributed by atoms with Crippen LogP contribution in [0.5, 0.6) is 0 Å². The lowest BCUT2D eigenvalue weighted by Crippen LogP contribution is -2.17. The van der Waals surface area contributed by atoms with Crippen LogP contribution in [0.2, 0.25) is 0 Å². The molecular weight excluding hydrogens is 273 g/mol. The standard InChI is InChI=1S/C6H2IN3O2/c7-10-5(11)3-1-8-9-2-4(3)6(10)12/h1-2H. The van der Waals surface area contributed by atoms with Crippen LogP contribution in [0.3, 0.4) is 0 Å². The van der Waals surface area contributed by atoms with Gasteiger partial charge in [0.2, 0.25) is 0 Å². The number of carbonyl (C=O) groups is 2. The molecule has 0 atom stereocenters. The van der Waals surface area contributed by atoms with Crippen LogP contribution in [0.25, 0.3) is 0 Å². The maximum atomic E-state index is 11.2. The van der Waals surface area contributed by atoms with Crippen LogP contribution in [0.1, 0.15) is 20.7 Å². The van der Waals surface area contributed by atoms with Gasteiger partial charge in [-0.25, -0.2) is 3.11 Å². The summed E-state index contributed by atoms with van der Waals surface area (Å²) in [6.07, 6.45) is 2.60. The smallest absolute Gasteiger partial charge is 0.268 e. The number of amides is 2. The maximum absolute atomic E-state index is 11.2. The normalized spacial score (nSPS) is 15.2. The number of nitrogens with zero attached hydrogens (tertiary/aromatic N) is 3. The number of imide groups is 1. The van der Waals surface area contributed by atoms with Crippen molar-refractivity contribution in [2.24, 2.45) is 0 Å². The van der Waals surface area contributed by atoms with Crippen LogP contribution >= 0.6 is 22.9 Å². The van der Waals surface area contributed by atoms with Crippen LogP contribution in [0.4, 0.5) is 0 Å². The lowest BCUT2D eigenvalue weighted by atomic mass is 10.2. The SMILES string of the molecule is O=C1c2cnncc2C(=O)N1I. The summed E-state index contributed by atoms with van der Waals surface area (Å²) >= 11 is 1.66. The Kier molecular flexibility index (Phi) is 1.56.